The number of furan rings is 1. The van der Waals surface area contributed by atoms with Crippen LogP contribution in [0.2, 0.25) is 0 Å². The maximum absolute atomic E-state index is 6.95. The van der Waals surface area contributed by atoms with Crippen LogP contribution in [0.3, 0.4) is 0 Å². The molecule has 0 amide bonds. The topological polar surface area (TPSA) is 16.4 Å². The number of nitrogens with zero attached hydrogens (tertiary/aromatic N) is 1. The molecule has 2 heteroatoms. The van der Waals surface area contributed by atoms with Gasteiger partial charge in [0.05, 0.1) is 11.1 Å². The van der Waals surface area contributed by atoms with Gasteiger partial charge in [-0.25, -0.2) is 0 Å². The van der Waals surface area contributed by atoms with Crippen LogP contribution in [0.5, 0.6) is 0 Å². The van der Waals surface area contributed by atoms with E-state index in [9.17, 15) is 0 Å². The van der Waals surface area contributed by atoms with Crippen LogP contribution in [0, 0.1) is 0 Å². The van der Waals surface area contributed by atoms with Crippen LogP contribution >= 0.6 is 0 Å². The van der Waals surface area contributed by atoms with Crippen LogP contribution in [-0.4, -0.2) is 0 Å². The summed E-state index contributed by atoms with van der Waals surface area (Å²) < 4.78 is 6.95. The van der Waals surface area contributed by atoms with Gasteiger partial charge in [0.25, 0.3) is 0 Å². The molecule has 0 radical (unpaired) electrons. The summed E-state index contributed by atoms with van der Waals surface area (Å²) in [5.74, 6) is 0. The molecule has 1 heterocycles. The van der Waals surface area contributed by atoms with Crippen molar-refractivity contribution in [3.05, 3.63) is 212 Å². The first kappa shape index (κ1) is 31.6. The molecule has 1 aromatic heterocycles. The lowest BCUT2D eigenvalue weighted by atomic mass is 9.95. The van der Waals surface area contributed by atoms with Crippen molar-refractivity contribution < 1.29 is 4.42 Å². The van der Waals surface area contributed by atoms with E-state index >= 15 is 0 Å². The molecule has 9 aromatic carbocycles. The second-order valence-corrected chi connectivity index (χ2v) is 13.7. The van der Waals surface area contributed by atoms with Crippen molar-refractivity contribution in [3.63, 3.8) is 0 Å². The summed E-state index contributed by atoms with van der Waals surface area (Å²) in [6, 6.07) is 75.8. The zero-order chi connectivity index (χ0) is 35.8. The molecular formula is C52H35NO. The zero-order valence-electron chi connectivity index (χ0n) is 29.6. The molecule has 54 heavy (non-hydrogen) atoms. The average Bonchev–Trinajstić information content (AvgIpc) is 3.66. The Morgan fingerprint density at radius 1 is 0.333 bits per heavy atom. The number of rotatable bonds is 7. The quantitative estimate of drug-likeness (QED) is 0.166. The SMILES string of the molecule is c1ccc(-c2ccc(N(c3cc(-c4ccccc4)cc(-c4ccccc4)c3)c3cccc4oc5c(-c6ccccc6)cc6ccccc6c5c34)cc2)cc1. The highest BCUT2D eigenvalue weighted by molar-refractivity contribution is 6.26. The predicted molar refractivity (Wildman–Crippen MR) is 228 cm³/mol. The molecule has 0 bridgehead atoms. The maximum atomic E-state index is 6.95. The first-order valence-electron chi connectivity index (χ1n) is 18.4. The second kappa shape index (κ2) is 13.4. The van der Waals surface area contributed by atoms with Crippen molar-refractivity contribution >= 4 is 49.8 Å². The summed E-state index contributed by atoms with van der Waals surface area (Å²) in [6.07, 6.45) is 0. The lowest BCUT2D eigenvalue weighted by Gasteiger charge is -2.28. The highest BCUT2D eigenvalue weighted by Gasteiger charge is 2.24. The molecule has 0 N–H and O–H groups in total. The van der Waals surface area contributed by atoms with E-state index in [1.54, 1.807) is 0 Å². The van der Waals surface area contributed by atoms with Crippen LogP contribution in [0.15, 0.2) is 217 Å². The van der Waals surface area contributed by atoms with Gasteiger partial charge in [-0.05, 0) is 98.2 Å². The highest BCUT2D eigenvalue weighted by Crippen LogP contribution is 2.48. The molecule has 0 saturated heterocycles. The van der Waals surface area contributed by atoms with E-state index < -0.39 is 0 Å². The number of fused-ring (bicyclic) bond motifs is 5. The van der Waals surface area contributed by atoms with Gasteiger partial charge < -0.3 is 9.32 Å². The molecule has 0 spiro atoms. The number of anilines is 3. The van der Waals surface area contributed by atoms with Gasteiger partial charge in [0.1, 0.15) is 11.2 Å². The zero-order valence-corrected chi connectivity index (χ0v) is 29.6. The second-order valence-electron chi connectivity index (χ2n) is 13.7. The van der Waals surface area contributed by atoms with Crippen LogP contribution < -0.4 is 4.90 Å². The predicted octanol–water partition coefficient (Wildman–Crippen LogP) is 14.9. The van der Waals surface area contributed by atoms with Gasteiger partial charge >= 0.3 is 0 Å². The van der Waals surface area contributed by atoms with Crippen molar-refractivity contribution in [3.8, 4) is 44.5 Å². The first-order valence-corrected chi connectivity index (χ1v) is 18.4. The van der Waals surface area contributed by atoms with E-state index in [-0.39, 0.29) is 0 Å². The minimum atomic E-state index is 0.851. The smallest absolute Gasteiger partial charge is 0.143 e. The van der Waals surface area contributed by atoms with Gasteiger partial charge in [-0.3, -0.25) is 0 Å². The normalized spacial score (nSPS) is 11.3. The van der Waals surface area contributed by atoms with Crippen LogP contribution in [-0.2, 0) is 0 Å². The monoisotopic (exact) mass is 689 g/mol. The third-order valence-electron chi connectivity index (χ3n) is 10.4. The van der Waals surface area contributed by atoms with Crippen molar-refractivity contribution in [1.29, 1.82) is 0 Å². The Labute approximate surface area is 314 Å². The third-order valence-corrected chi connectivity index (χ3v) is 10.4. The number of hydrogen-bond acceptors (Lipinski definition) is 2. The Morgan fingerprint density at radius 3 is 1.46 bits per heavy atom. The summed E-state index contributed by atoms with van der Waals surface area (Å²) in [6.45, 7) is 0. The summed E-state index contributed by atoms with van der Waals surface area (Å²) in [5, 5.41) is 4.55. The maximum Gasteiger partial charge on any atom is 0.143 e. The van der Waals surface area contributed by atoms with Gasteiger partial charge in [0.15, 0.2) is 0 Å². The molecule has 0 unspecified atom stereocenters. The Bertz CT molecular complexity index is 2840. The van der Waals surface area contributed by atoms with E-state index in [1.807, 2.05) is 0 Å². The third kappa shape index (κ3) is 5.62. The van der Waals surface area contributed by atoms with Crippen molar-refractivity contribution in [1.82, 2.24) is 0 Å². The van der Waals surface area contributed by atoms with Crippen molar-refractivity contribution in [2.75, 3.05) is 4.90 Å². The lowest BCUT2D eigenvalue weighted by Crippen LogP contribution is -2.11. The lowest BCUT2D eigenvalue weighted by molar-refractivity contribution is 0.670. The van der Waals surface area contributed by atoms with E-state index in [1.165, 1.54) is 33.0 Å². The Kier molecular flexibility index (Phi) is 7.85. The summed E-state index contributed by atoms with van der Waals surface area (Å²) in [5.41, 5.74) is 14.1. The number of benzene rings is 9. The standard InChI is InChI=1S/C52H35NO/c1-5-16-36(17-6-1)39-28-30-44(31-29-39)53(45-33-42(37-18-7-2-8-19-37)32-43(34-45)38-20-9-3-10-21-38)48-26-15-27-49-51(48)50-46-25-14-13-24-41(46)35-47(52(50)54-49)40-22-11-4-12-23-40/h1-35H. The summed E-state index contributed by atoms with van der Waals surface area (Å²) >= 11 is 0. The molecule has 10 aromatic rings. The fourth-order valence-electron chi connectivity index (χ4n) is 7.86. The Balaban J connectivity index is 1.28. The Hall–Kier alpha value is -7.16. The van der Waals surface area contributed by atoms with Crippen molar-refractivity contribution in [2.45, 2.75) is 0 Å². The average molecular weight is 690 g/mol. The number of hydrogen-bond donors (Lipinski definition) is 0. The molecular weight excluding hydrogens is 655 g/mol. The minimum Gasteiger partial charge on any atom is -0.455 e. The molecule has 10 rings (SSSR count). The molecule has 0 aliphatic carbocycles. The van der Waals surface area contributed by atoms with Crippen LogP contribution in [0.25, 0.3) is 77.2 Å². The van der Waals surface area contributed by atoms with Crippen LogP contribution in [0.4, 0.5) is 17.1 Å². The fourth-order valence-corrected chi connectivity index (χ4v) is 7.86. The molecule has 0 fully saturated rings. The van der Waals surface area contributed by atoms with E-state index in [2.05, 4.69) is 217 Å². The van der Waals surface area contributed by atoms with Gasteiger partial charge in [-0.1, -0.05) is 164 Å². The van der Waals surface area contributed by atoms with Gasteiger partial charge in [0.2, 0.25) is 0 Å². The van der Waals surface area contributed by atoms with E-state index in [0.717, 1.165) is 61.3 Å². The molecule has 0 atom stereocenters. The highest BCUT2D eigenvalue weighted by atomic mass is 16.3. The fraction of sp³-hybridized carbons (Fsp3) is 0. The first-order chi connectivity index (χ1) is 26.8. The van der Waals surface area contributed by atoms with Crippen molar-refractivity contribution in [2.24, 2.45) is 0 Å². The molecule has 2 nitrogen and oxygen atoms in total. The van der Waals surface area contributed by atoms with E-state index in [0.29, 0.717) is 0 Å². The van der Waals surface area contributed by atoms with Crippen LogP contribution in [0.1, 0.15) is 0 Å². The molecule has 254 valence electrons. The summed E-state index contributed by atoms with van der Waals surface area (Å²) in [7, 11) is 0. The molecule has 0 saturated carbocycles. The molecule has 0 aliphatic rings. The summed E-state index contributed by atoms with van der Waals surface area (Å²) in [4.78, 5) is 2.41. The molecule has 0 aliphatic heterocycles. The van der Waals surface area contributed by atoms with Gasteiger partial charge in [-0.2, -0.15) is 0 Å². The van der Waals surface area contributed by atoms with E-state index in [4.69, 9.17) is 4.42 Å². The van der Waals surface area contributed by atoms with Gasteiger partial charge in [0, 0.05) is 22.3 Å². The largest absolute Gasteiger partial charge is 0.455 e. The van der Waals surface area contributed by atoms with Gasteiger partial charge in [-0.15, -0.1) is 0 Å². The Morgan fingerprint density at radius 2 is 0.852 bits per heavy atom. The minimum absolute atomic E-state index is 0.851.